The van der Waals surface area contributed by atoms with Gasteiger partial charge in [0.2, 0.25) is 0 Å². The smallest absolute Gasteiger partial charge is 0.142 e. The number of hydrogen-bond acceptors (Lipinski definition) is 3. The molecule has 0 atom stereocenters. The van der Waals surface area contributed by atoms with Gasteiger partial charge in [0.25, 0.3) is 0 Å². The van der Waals surface area contributed by atoms with Gasteiger partial charge in [0.1, 0.15) is 18.6 Å². The highest BCUT2D eigenvalue weighted by atomic mass is 16.5. The number of hydrogen-bond donors (Lipinski definition) is 0. The van der Waals surface area contributed by atoms with E-state index in [-0.39, 0.29) is 0 Å². The molecular formula is C15H19NO2. The highest BCUT2D eigenvalue weighted by molar-refractivity contribution is 5.73. The number of benzene rings is 1. The Bertz CT molecular complexity index is 391. The number of carbonyl (C=O) groups is 1. The van der Waals surface area contributed by atoms with Crippen LogP contribution in [0.2, 0.25) is 0 Å². The molecule has 1 heterocycles. The molecule has 0 amide bonds. The Morgan fingerprint density at radius 1 is 1.17 bits per heavy atom. The van der Waals surface area contributed by atoms with E-state index in [1.54, 1.807) is 6.08 Å². The second-order valence-electron chi connectivity index (χ2n) is 4.46. The molecule has 3 heteroatoms. The summed E-state index contributed by atoms with van der Waals surface area (Å²) in [6, 6.07) is 7.78. The maximum absolute atomic E-state index is 10.2. The second kappa shape index (κ2) is 6.97. The molecule has 1 aromatic rings. The lowest BCUT2D eigenvalue weighted by atomic mass is 10.2. The first-order chi connectivity index (χ1) is 8.88. The van der Waals surface area contributed by atoms with Gasteiger partial charge >= 0.3 is 0 Å². The standard InChI is InChI=1S/C15H19NO2/c17-12-3-4-14-5-7-15(8-6-14)18-13-11-16-9-1-2-10-16/h3-8,12H,1-2,9-11,13H2. The third kappa shape index (κ3) is 4.00. The molecule has 0 unspecified atom stereocenters. The largest absolute Gasteiger partial charge is 0.492 e. The van der Waals surface area contributed by atoms with Crippen molar-refractivity contribution in [2.24, 2.45) is 0 Å². The van der Waals surface area contributed by atoms with Crippen LogP contribution in [-0.2, 0) is 4.79 Å². The van der Waals surface area contributed by atoms with E-state index in [4.69, 9.17) is 4.74 Å². The van der Waals surface area contributed by atoms with Crippen LogP contribution in [0.4, 0.5) is 0 Å². The van der Waals surface area contributed by atoms with Gasteiger partial charge in [-0.15, -0.1) is 0 Å². The van der Waals surface area contributed by atoms with Crippen LogP contribution in [0.5, 0.6) is 5.75 Å². The number of allylic oxidation sites excluding steroid dienone is 1. The summed E-state index contributed by atoms with van der Waals surface area (Å²) in [5.41, 5.74) is 1.01. The van der Waals surface area contributed by atoms with E-state index in [9.17, 15) is 4.79 Å². The summed E-state index contributed by atoms with van der Waals surface area (Å²) in [6.07, 6.45) is 6.68. The van der Waals surface area contributed by atoms with Crippen molar-refractivity contribution in [1.29, 1.82) is 0 Å². The maximum atomic E-state index is 10.2. The van der Waals surface area contributed by atoms with Gasteiger partial charge in [0, 0.05) is 6.54 Å². The molecule has 1 saturated heterocycles. The fraction of sp³-hybridized carbons (Fsp3) is 0.400. The first kappa shape index (κ1) is 12.8. The number of rotatable bonds is 6. The Hall–Kier alpha value is -1.61. The van der Waals surface area contributed by atoms with Gasteiger partial charge in [0.15, 0.2) is 0 Å². The molecule has 96 valence electrons. The number of ether oxygens (including phenoxy) is 1. The highest BCUT2D eigenvalue weighted by Crippen LogP contribution is 2.13. The fourth-order valence-corrected chi connectivity index (χ4v) is 2.12. The molecule has 3 nitrogen and oxygen atoms in total. The Balaban J connectivity index is 1.75. The van der Waals surface area contributed by atoms with Crippen LogP contribution in [-0.4, -0.2) is 37.4 Å². The molecule has 0 radical (unpaired) electrons. The lowest BCUT2D eigenvalue weighted by molar-refractivity contribution is -0.104. The van der Waals surface area contributed by atoms with Crippen molar-refractivity contribution in [2.75, 3.05) is 26.2 Å². The van der Waals surface area contributed by atoms with Gasteiger partial charge in [0.05, 0.1) is 0 Å². The SMILES string of the molecule is O=CC=Cc1ccc(OCCN2CCCC2)cc1. The van der Waals surface area contributed by atoms with Crippen LogP contribution in [0.3, 0.4) is 0 Å². The van der Waals surface area contributed by atoms with Crippen LogP contribution in [0, 0.1) is 0 Å². The Labute approximate surface area is 108 Å². The summed E-state index contributed by atoms with van der Waals surface area (Å²) >= 11 is 0. The lowest BCUT2D eigenvalue weighted by Gasteiger charge is -2.14. The molecule has 2 rings (SSSR count). The molecule has 0 bridgehead atoms. The minimum atomic E-state index is 0.740. The van der Waals surface area contributed by atoms with Gasteiger partial charge in [-0.05, 0) is 49.7 Å². The van der Waals surface area contributed by atoms with Crippen LogP contribution in [0.25, 0.3) is 6.08 Å². The van der Waals surface area contributed by atoms with Gasteiger partial charge < -0.3 is 4.74 Å². The number of likely N-dealkylation sites (tertiary alicyclic amines) is 1. The van der Waals surface area contributed by atoms with Crippen molar-refractivity contribution in [3.63, 3.8) is 0 Å². The van der Waals surface area contributed by atoms with Crippen LogP contribution < -0.4 is 4.74 Å². The first-order valence-corrected chi connectivity index (χ1v) is 6.45. The van der Waals surface area contributed by atoms with Crippen molar-refractivity contribution in [3.05, 3.63) is 35.9 Å². The Morgan fingerprint density at radius 3 is 2.56 bits per heavy atom. The molecule has 0 aliphatic carbocycles. The number of aldehydes is 1. The zero-order valence-electron chi connectivity index (χ0n) is 10.5. The number of carbonyl (C=O) groups excluding carboxylic acids is 1. The molecule has 1 aliphatic heterocycles. The molecule has 0 aromatic heterocycles. The van der Waals surface area contributed by atoms with Gasteiger partial charge in [-0.2, -0.15) is 0 Å². The summed E-state index contributed by atoms with van der Waals surface area (Å²) in [5, 5.41) is 0. The third-order valence-corrected chi connectivity index (χ3v) is 3.12. The van der Waals surface area contributed by atoms with E-state index in [0.717, 1.165) is 30.8 Å². The topological polar surface area (TPSA) is 29.5 Å². The van der Waals surface area contributed by atoms with Crippen LogP contribution in [0.15, 0.2) is 30.3 Å². The molecule has 1 aliphatic rings. The van der Waals surface area contributed by atoms with Crippen molar-refractivity contribution in [2.45, 2.75) is 12.8 Å². The zero-order chi connectivity index (χ0) is 12.6. The Kier molecular flexibility index (Phi) is 4.97. The summed E-state index contributed by atoms with van der Waals surface area (Å²) in [4.78, 5) is 12.6. The molecule has 18 heavy (non-hydrogen) atoms. The quantitative estimate of drug-likeness (QED) is 0.569. The molecule has 0 spiro atoms. The van der Waals surface area contributed by atoms with Crippen molar-refractivity contribution in [1.82, 2.24) is 4.90 Å². The minimum Gasteiger partial charge on any atom is -0.492 e. The predicted octanol–water partition coefficient (Wildman–Crippen LogP) is 2.37. The average Bonchev–Trinajstić information content (AvgIpc) is 2.91. The first-order valence-electron chi connectivity index (χ1n) is 6.45. The van der Waals surface area contributed by atoms with Crippen LogP contribution >= 0.6 is 0 Å². The van der Waals surface area contributed by atoms with Gasteiger partial charge in [-0.1, -0.05) is 18.2 Å². The predicted molar refractivity (Wildman–Crippen MR) is 72.7 cm³/mol. The van der Waals surface area contributed by atoms with E-state index in [0.29, 0.717) is 0 Å². The maximum Gasteiger partial charge on any atom is 0.142 e. The summed E-state index contributed by atoms with van der Waals surface area (Å²) < 4.78 is 5.69. The number of nitrogens with zero attached hydrogens (tertiary/aromatic N) is 1. The average molecular weight is 245 g/mol. The lowest BCUT2D eigenvalue weighted by Crippen LogP contribution is -2.25. The summed E-state index contributed by atoms with van der Waals surface area (Å²) in [5.74, 6) is 0.887. The van der Waals surface area contributed by atoms with E-state index in [1.165, 1.54) is 32.0 Å². The fourth-order valence-electron chi connectivity index (χ4n) is 2.12. The van der Waals surface area contributed by atoms with E-state index < -0.39 is 0 Å². The third-order valence-electron chi connectivity index (χ3n) is 3.12. The Morgan fingerprint density at radius 2 is 1.89 bits per heavy atom. The molecule has 1 aromatic carbocycles. The van der Waals surface area contributed by atoms with Gasteiger partial charge in [-0.25, -0.2) is 0 Å². The van der Waals surface area contributed by atoms with E-state index in [1.807, 2.05) is 24.3 Å². The molecule has 1 fully saturated rings. The van der Waals surface area contributed by atoms with Crippen molar-refractivity contribution in [3.8, 4) is 5.75 Å². The minimum absolute atomic E-state index is 0.740. The monoisotopic (exact) mass is 245 g/mol. The van der Waals surface area contributed by atoms with E-state index >= 15 is 0 Å². The van der Waals surface area contributed by atoms with Crippen LogP contribution in [0.1, 0.15) is 18.4 Å². The van der Waals surface area contributed by atoms with Crippen molar-refractivity contribution < 1.29 is 9.53 Å². The normalized spacial score (nSPS) is 16.2. The zero-order valence-corrected chi connectivity index (χ0v) is 10.5. The highest BCUT2D eigenvalue weighted by Gasteiger charge is 2.10. The second-order valence-corrected chi connectivity index (χ2v) is 4.46. The van der Waals surface area contributed by atoms with E-state index in [2.05, 4.69) is 4.90 Å². The summed E-state index contributed by atoms with van der Waals surface area (Å²) in [7, 11) is 0. The molecular weight excluding hydrogens is 226 g/mol. The molecule has 0 saturated carbocycles. The summed E-state index contributed by atoms with van der Waals surface area (Å²) in [6.45, 7) is 4.16. The molecule has 0 N–H and O–H groups in total. The van der Waals surface area contributed by atoms with Gasteiger partial charge in [-0.3, -0.25) is 9.69 Å². The van der Waals surface area contributed by atoms with Crippen molar-refractivity contribution >= 4 is 12.4 Å².